The first-order chi connectivity index (χ1) is 6.77. The molecule has 0 saturated heterocycles. The average Bonchev–Trinajstić information content (AvgIpc) is 2.56. The minimum atomic E-state index is 0.935. The Morgan fingerprint density at radius 3 is 2.79 bits per heavy atom. The van der Waals surface area contributed by atoms with Crippen molar-refractivity contribution in [3.63, 3.8) is 0 Å². The Hall–Kier alpha value is -0.840. The van der Waals surface area contributed by atoms with Gasteiger partial charge in [0.25, 0.3) is 0 Å². The maximum Gasteiger partial charge on any atom is 0.0624 e. The SMILES string of the molecule is Cc1ccccc1Cc1[nH]ncc1I. The van der Waals surface area contributed by atoms with Crippen molar-refractivity contribution in [2.24, 2.45) is 0 Å². The van der Waals surface area contributed by atoms with Crippen LogP contribution < -0.4 is 0 Å². The molecule has 0 unspecified atom stereocenters. The predicted molar refractivity (Wildman–Crippen MR) is 65.3 cm³/mol. The number of rotatable bonds is 2. The van der Waals surface area contributed by atoms with Crippen LogP contribution in [0.25, 0.3) is 0 Å². The first-order valence-electron chi connectivity index (χ1n) is 4.49. The first-order valence-corrected chi connectivity index (χ1v) is 5.57. The highest BCUT2D eigenvalue weighted by Crippen LogP contribution is 2.15. The van der Waals surface area contributed by atoms with Gasteiger partial charge in [-0.15, -0.1) is 0 Å². The van der Waals surface area contributed by atoms with E-state index in [-0.39, 0.29) is 0 Å². The molecule has 3 heteroatoms. The van der Waals surface area contributed by atoms with Crippen molar-refractivity contribution in [1.29, 1.82) is 0 Å². The zero-order valence-electron chi connectivity index (χ0n) is 7.92. The summed E-state index contributed by atoms with van der Waals surface area (Å²) in [6.07, 6.45) is 2.79. The van der Waals surface area contributed by atoms with Gasteiger partial charge >= 0.3 is 0 Å². The van der Waals surface area contributed by atoms with Crippen molar-refractivity contribution in [3.8, 4) is 0 Å². The Morgan fingerprint density at radius 2 is 2.14 bits per heavy atom. The Morgan fingerprint density at radius 1 is 1.36 bits per heavy atom. The van der Waals surface area contributed by atoms with E-state index >= 15 is 0 Å². The molecule has 1 heterocycles. The molecular formula is C11H11IN2. The smallest absolute Gasteiger partial charge is 0.0624 e. The molecule has 1 N–H and O–H groups in total. The number of hydrogen-bond acceptors (Lipinski definition) is 1. The van der Waals surface area contributed by atoms with Crippen LogP contribution >= 0.6 is 22.6 Å². The predicted octanol–water partition coefficient (Wildman–Crippen LogP) is 2.91. The van der Waals surface area contributed by atoms with Gasteiger partial charge in [-0.05, 0) is 40.6 Å². The summed E-state index contributed by atoms with van der Waals surface area (Å²) in [5.41, 5.74) is 3.88. The van der Waals surface area contributed by atoms with Gasteiger partial charge < -0.3 is 0 Å². The van der Waals surface area contributed by atoms with Crippen LogP contribution in [-0.2, 0) is 6.42 Å². The zero-order chi connectivity index (χ0) is 9.97. The number of hydrogen-bond donors (Lipinski definition) is 1. The van der Waals surface area contributed by atoms with E-state index in [0.29, 0.717) is 0 Å². The maximum atomic E-state index is 4.02. The molecule has 1 aromatic heterocycles. The lowest BCUT2D eigenvalue weighted by Crippen LogP contribution is -1.93. The molecule has 0 aliphatic carbocycles. The van der Waals surface area contributed by atoms with Crippen LogP contribution in [-0.4, -0.2) is 10.2 Å². The Balaban J connectivity index is 2.28. The molecule has 72 valence electrons. The van der Waals surface area contributed by atoms with Gasteiger partial charge in [0, 0.05) is 6.42 Å². The van der Waals surface area contributed by atoms with Gasteiger partial charge in [0.05, 0.1) is 15.5 Å². The van der Waals surface area contributed by atoms with Crippen LogP contribution in [0.15, 0.2) is 30.5 Å². The number of nitrogens with one attached hydrogen (secondary N) is 1. The monoisotopic (exact) mass is 298 g/mol. The number of halogens is 1. The second-order valence-corrected chi connectivity index (χ2v) is 4.46. The van der Waals surface area contributed by atoms with Crippen molar-refractivity contribution in [3.05, 3.63) is 50.9 Å². The molecule has 0 bridgehead atoms. The normalized spacial score (nSPS) is 10.4. The van der Waals surface area contributed by atoms with Crippen LogP contribution in [0.1, 0.15) is 16.8 Å². The lowest BCUT2D eigenvalue weighted by atomic mass is 10.0. The zero-order valence-corrected chi connectivity index (χ0v) is 10.1. The van der Waals surface area contributed by atoms with Gasteiger partial charge in [-0.3, -0.25) is 5.10 Å². The second kappa shape index (κ2) is 4.13. The van der Waals surface area contributed by atoms with E-state index < -0.39 is 0 Å². The van der Waals surface area contributed by atoms with Gasteiger partial charge in [-0.25, -0.2) is 0 Å². The summed E-state index contributed by atoms with van der Waals surface area (Å²) in [6.45, 7) is 2.14. The van der Waals surface area contributed by atoms with E-state index in [4.69, 9.17) is 0 Å². The molecule has 0 aliphatic heterocycles. The molecule has 2 aromatic rings. The van der Waals surface area contributed by atoms with Crippen LogP contribution in [0.5, 0.6) is 0 Å². The van der Waals surface area contributed by atoms with Crippen molar-refractivity contribution in [2.75, 3.05) is 0 Å². The molecule has 2 rings (SSSR count). The van der Waals surface area contributed by atoms with E-state index in [2.05, 4.69) is 64.0 Å². The third-order valence-electron chi connectivity index (χ3n) is 2.29. The average molecular weight is 298 g/mol. The standard InChI is InChI=1S/C11H11IN2/c1-8-4-2-3-5-9(8)6-11-10(12)7-13-14-11/h2-5,7H,6H2,1H3,(H,13,14). The summed E-state index contributed by atoms with van der Waals surface area (Å²) in [4.78, 5) is 0. The molecular weight excluding hydrogens is 287 g/mol. The number of benzene rings is 1. The topological polar surface area (TPSA) is 28.7 Å². The Kier molecular flexibility index (Phi) is 2.86. The summed E-state index contributed by atoms with van der Waals surface area (Å²) < 4.78 is 1.20. The molecule has 0 atom stereocenters. The van der Waals surface area contributed by atoms with Gasteiger partial charge in [0.1, 0.15) is 0 Å². The summed E-state index contributed by atoms with van der Waals surface area (Å²) in [5, 5.41) is 7.04. The minimum absolute atomic E-state index is 0.935. The highest BCUT2D eigenvalue weighted by molar-refractivity contribution is 14.1. The fourth-order valence-corrected chi connectivity index (χ4v) is 1.87. The molecule has 0 spiro atoms. The third-order valence-corrected chi connectivity index (χ3v) is 3.22. The van der Waals surface area contributed by atoms with Crippen molar-refractivity contribution in [1.82, 2.24) is 10.2 Å². The fourth-order valence-electron chi connectivity index (χ4n) is 1.42. The van der Waals surface area contributed by atoms with Crippen molar-refractivity contribution in [2.45, 2.75) is 13.3 Å². The lowest BCUT2D eigenvalue weighted by molar-refractivity contribution is 0.988. The first kappa shape index (κ1) is 9.71. The molecule has 0 radical (unpaired) electrons. The maximum absolute atomic E-state index is 4.02. The molecule has 1 aromatic carbocycles. The molecule has 0 saturated carbocycles. The van der Waals surface area contributed by atoms with Crippen molar-refractivity contribution < 1.29 is 0 Å². The van der Waals surface area contributed by atoms with E-state index in [1.54, 1.807) is 0 Å². The van der Waals surface area contributed by atoms with E-state index in [1.165, 1.54) is 20.4 Å². The molecule has 14 heavy (non-hydrogen) atoms. The highest BCUT2D eigenvalue weighted by Gasteiger charge is 2.04. The van der Waals surface area contributed by atoms with Gasteiger partial charge in [0.2, 0.25) is 0 Å². The molecule has 0 aliphatic rings. The van der Waals surface area contributed by atoms with Crippen LogP contribution in [0, 0.1) is 10.5 Å². The van der Waals surface area contributed by atoms with Crippen molar-refractivity contribution >= 4 is 22.6 Å². The quantitative estimate of drug-likeness (QED) is 0.849. The van der Waals surface area contributed by atoms with Gasteiger partial charge in [0.15, 0.2) is 0 Å². The summed E-state index contributed by atoms with van der Waals surface area (Å²) >= 11 is 2.30. The molecule has 0 fully saturated rings. The lowest BCUT2D eigenvalue weighted by Gasteiger charge is -2.03. The number of aromatic nitrogens is 2. The number of aromatic amines is 1. The van der Waals surface area contributed by atoms with E-state index in [9.17, 15) is 0 Å². The van der Waals surface area contributed by atoms with Gasteiger partial charge in [-0.2, -0.15) is 5.10 Å². The molecule has 0 amide bonds. The second-order valence-electron chi connectivity index (χ2n) is 3.30. The van der Waals surface area contributed by atoms with E-state index in [0.717, 1.165) is 6.42 Å². The molecule has 2 nitrogen and oxygen atoms in total. The van der Waals surface area contributed by atoms with E-state index in [1.807, 2.05) is 6.20 Å². The van der Waals surface area contributed by atoms with Crippen LogP contribution in [0.2, 0.25) is 0 Å². The Labute approximate surface area is 96.9 Å². The number of nitrogens with zero attached hydrogens (tertiary/aromatic N) is 1. The summed E-state index contributed by atoms with van der Waals surface area (Å²) in [7, 11) is 0. The third kappa shape index (κ3) is 1.97. The van der Waals surface area contributed by atoms with Gasteiger partial charge in [-0.1, -0.05) is 24.3 Å². The highest BCUT2D eigenvalue weighted by atomic mass is 127. The number of aryl methyl sites for hydroxylation is 1. The minimum Gasteiger partial charge on any atom is -0.281 e. The summed E-state index contributed by atoms with van der Waals surface area (Å²) in [6, 6.07) is 8.44. The fraction of sp³-hybridized carbons (Fsp3) is 0.182. The summed E-state index contributed by atoms with van der Waals surface area (Å²) in [5.74, 6) is 0. The van der Waals surface area contributed by atoms with Crippen LogP contribution in [0.4, 0.5) is 0 Å². The Bertz CT molecular complexity index is 434. The largest absolute Gasteiger partial charge is 0.281 e. The number of H-pyrrole nitrogens is 1. The van der Waals surface area contributed by atoms with Crippen LogP contribution in [0.3, 0.4) is 0 Å².